The van der Waals surface area contributed by atoms with Gasteiger partial charge in [0.25, 0.3) is 0 Å². The van der Waals surface area contributed by atoms with E-state index < -0.39 is 0 Å². The highest BCUT2D eigenvalue weighted by Crippen LogP contribution is 2.48. The fourth-order valence-electron chi connectivity index (χ4n) is 3.48. The van der Waals surface area contributed by atoms with E-state index in [4.69, 9.17) is 0 Å². The normalized spacial score (nSPS) is 30.5. The van der Waals surface area contributed by atoms with Crippen LogP contribution in [0.4, 0.5) is 0 Å². The van der Waals surface area contributed by atoms with Crippen LogP contribution in [0, 0.1) is 17.8 Å². The summed E-state index contributed by atoms with van der Waals surface area (Å²) < 4.78 is 0. The van der Waals surface area contributed by atoms with E-state index in [1.165, 1.54) is 24.8 Å². The highest BCUT2D eigenvalue weighted by Gasteiger charge is 2.42. The number of carbonyl (C=O) groups is 1. The Morgan fingerprint density at radius 3 is 2.65 bits per heavy atom. The molecule has 1 N–H and O–H groups in total. The standard InChI is InChI=1S/C15H19NO/c17-15(14-9-12-6-7-13(14)8-12)16-10-11-4-2-1-3-5-11/h1-5,12-14H,6-10H2,(H,16,17)/t12-,13-,14+/m0/s1. The van der Waals surface area contributed by atoms with Crippen molar-refractivity contribution in [2.45, 2.75) is 32.2 Å². The molecule has 0 radical (unpaired) electrons. The lowest BCUT2D eigenvalue weighted by molar-refractivity contribution is -0.126. The Labute approximate surface area is 102 Å². The molecule has 0 aromatic heterocycles. The Morgan fingerprint density at radius 2 is 2.00 bits per heavy atom. The van der Waals surface area contributed by atoms with Gasteiger partial charge in [0.1, 0.15) is 0 Å². The quantitative estimate of drug-likeness (QED) is 0.848. The molecule has 3 atom stereocenters. The van der Waals surface area contributed by atoms with E-state index in [0.717, 1.165) is 12.3 Å². The van der Waals surface area contributed by atoms with E-state index >= 15 is 0 Å². The van der Waals surface area contributed by atoms with Crippen molar-refractivity contribution >= 4 is 5.91 Å². The molecule has 2 fully saturated rings. The van der Waals surface area contributed by atoms with Gasteiger partial charge in [-0.1, -0.05) is 36.8 Å². The van der Waals surface area contributed by atoms with Crippen molar-refractivity contribution in [2.75, 3.05) is 0 Å². The smallest absolute Gasteiger partial charge is 0.223 e. The molecule has 1 aromatic rings. The van der Waals surface area contributed by atoms with Gasteiger partial charge in [0, 0.05) is 12.5 Å². The maximum absolute atomic E-state index is 12.1. The first kappa shape index (κ1) is 10.8. The van der Waals surface area contributed by atoms with Crippen molar-refractivity contribution in [2.24, 2.45) is 17.8 Å². The number of fused-ring (bicyclic) bond motifs is 2. The number of nitrogens with one attached hydrogen (secondary N) is 1. The summed E-state index contributed by atoms with van der Waals surface area (Å²) in [5.74, 6) is 2.10. The predicted octanol–water partition coefficient (Wildman–Crippen LogP) is 2.74. The van der Waals surface area contributed by atoms with Crippen LogP contribution < -0.4 is 5.32 Å². The third-order valence-electron chi connectivity index (χ3n) is 4.38. The van der Waals surface area contributed by atoms with E-state index in [1.54, 1.807) is 0 Å². The van der Waals surface area contributed by atoms with Crippen molar-refractivity contribution in [1.82, 2.24) is 5.32 Å². The molecule has 2 aliphatic rings. The van der Waals surface area contributed by atoms with Gasteiger partial charge in [0.15, 0.2) is 0 Å². The molecule has 1 amide bonds. The van der Waals surface area contributed by atoms with Gasteiger partial charge in [-0.05, 0) is 36.7 Å². The topological polar surface area (TPSA) is 29.1 Å². The first-order valence-electron chi connectivity index (χ1n) is 6.64. The van der Waals surface area contributed by atoms with Crippen molar-refractivity contribution in [3.05, 3.63) is 35.9 Å². The van der Waals surface area contributed by atoms with Crippen molar-refractivity contribution < 1.29 is 4.79 Å². The van der Waals surface area contributed by atoms with Gasteiger partial charge in [0.2, 0.25) is 5.91 Å². The van der Waals surface area contributed by atoms with Gasteiger partial charge < -0.3 is 5.32 Å². The maximum atomic E-state index is 12.1. The Balaban J connectivity index is 1.54. The van der Waals surface area contributed by atoms with E-state index in [0.29, 0.717) is 18.4 Å². The number of amides is 1. The third kappa shape index (κ3) is 2.21. The molecule has 3 rings (SSSR count). The molecule has 0 unspecified atom stereocenters. The van der Waals surface area contributed by atoms with Crippen LogP contribution in [0.5, 0.6) is 0 Å². The van der Waals surface area contributed by atoms with E-state index in [9.17, 15) is 4.79 Å². The Morgan fingerprint density at radius 1 is 1.18 bits per heavy atom. The number of hydrogen-bond acceptors (Lipinski definition) is 1. The molecule has 2 nitrogen and oxygen atoms in total. The monoisotopic (exact) mass is 229 g/mol. The molecule has 2 saturated carbocycles. The van der Waals surface area contributed by atoms with Crippen molar-refractivity contribution in [3.63, 3.8) is 0 Å². The summed E-state index contributed by atoms with van der Waals surface area (Å²) in [7, 11) is 0. The second-order valence-electron chi connectivity index (χ2n) is 5.48. The number of rotatable bonds is 3. The fourth-order valence-corrected chi connectivity index (χ4v) is 3.48. The summed E-state index contributed by atoms with van der Waals surface area (Å²) in [6.45, 7) is 0.674. The lowest BCUT2D eigenvalue weighted by Gasteiger charge is -2.20. The predicted molar refractivity (Wildman–Crippen MR) is 67.2 cm³/mol. The van der Waals surface area contributed by atoms with Crippen LogP contribution in [0.15, 0.2) is 30.3 Å². The van der Waals surface area contributed by atoms with Crippen LogP contribution in [0.25, 0.3) is 0 Å². The summed E-state index contributed by atoms with van der Waals surface area (Å²) in [6.07, 6.45) is 5.05. The number of hydrogen-bond donors (Lipinski definition) is 1. The molecule has 2 bridgehead atoms. The summed E-state index contributed by atoms with van der Waals surface area (Å²) >= 11 is 0. The Kier molecular flexibility index (Phi) is 2.87. The van der Waals surface area contributed by atoms with Crippen molar-refractivity contribution in [3.8, 4) is 0 Å². The Hall–Kier alpha value is -1.31. The van der Waals surface area contributed by atoms with E-state index in [2.05, 4.69) is 17.4 Å². The number of carbonyl (C=O) groups excluding carboxylic acids is 1. The molecule has 90 valence electrons. The largest absolute Gasteiger partial charge is 0.352 e. The van der Waals surface area contributed by atoms with Crippen LogP contribution in [-0.2, 0) is 11.3 Å². The first-order valence-corrected chi connectivity index (χ1v) is 6.64. The zero-order chi connectivity index (χ0) is 11.7. The van der Waals surface area contributed by atoms with E-state index in [1.807, 2.05) is 18.2 Å². The molecule has 17 heavy (non-hydrogen) atoms. The lowest BCUT2D eigenvalue weighted by atomic mass is 9.88. The van der Waals surface area contributed by atoms with Gasteiger partial charge in [-0.3, -0.25) is 4.79 Å². The average molecular weight is 229 g/mol. The lowest BCUT2D eigenvalue weighted by Crippen LogP contribution is -2.33. The zero-order valence-corrected chi connectivity index (χ0v) is 10.1. The van der Waals surface area contributed by atoms with Crippen LogP contribution in [-0.4, -0.2) is 5.91 Å². The average Bonchev–Trinajstić information content (AvgIpc) is 2.99. The summed E-state index contributed by atoms with van der Waals surface area (Å²) in [4.78, 5) is 12.1. The van der Waals surface area contributed by atoms with E-state index in [-0.39, 0.29) is 5.91 Å². The zero-order valence-electron chi connectivity index (χ0n) is 10.1. The van der Waals surface area contributed by atoms with Gasteiger partial charge >= 0.3 is 0 Å². The minimum Gasteiger partial charge on any atom is -0.352 e. The molecule has 2 heteroatoms. The Bertz CT molecular complexity index is 401. The maximum Gasteiger partial charge on any atom is 0.223 e. The van der Waals surface area contributed by atoms with Crippen molar-refractivity contribution in [1.29, 1.82) is 0 Å². The minimum atomic E-state index is 0.279. The summed E-state index contributed by atoms with van der Waals surface area (Å²) in [5.41, 5.74) is 1.18. The van der Waals surface area contributed by atoms with Crippen LogP contribution in [0.2, 0.25) is 0 Å². The first-order chi connectivity index (χ1) is 8.33. The molecular formula is C15H19NO. The summed E-state index contributed by atoms with van der Waals surface area (Å²) in [6, 6.07) is 10.1. The molecule has 2 aliphatic carbocycles. The highest BCUT2D eigenvalue weighted by molar-refractivity contribution is 5.79. The van der Waals surface area contributed by atoms with Crippen LogP contribution in [0.1, 0.15) is 31.2 Å². The minimum absolute atomic E-state index is 0.279. The van der Waals surface area contributed by atoms with Gasteiger partial charge in [-0.2, -0.15) is 0 Å². The molecule has 0 heterocycles. The highest BCUT2D eigenvalue weighted by atomic mass is 16.1. The van der Waals surface area contributed by atoms with Crippen LogP contribution >= 0.6 is 0 Å². The molecular weight excluding hydrogens is 210 g/mol. The summed E-state index contributed by atoms with van der Waals surface area (Å²) in [5, 5.41) is 3.09. The third-order valence-corrected chi connectivity index (χ3v) is 4.38. The fraction of sp³-hybridized carbons (Fsp3) is 0.533. The molecule has 0 aliphatic heterocycles. The van der Waals surface area contributed by atoms with Gasteiger partial charge in [-0.15, -0.1) is 0 Å². The molecule has 0 saturated heterocycles. The van der Waals surface area contributed by atoms with Gasteiger partial charge in [0.05, 0.1) is 0 Å². The van der Waals surface area contributed by atoms with Crippen LogP contribution in [0.3, 0.4) is 0 Å². The SMILES string of the molecule is O=C(NCc1ccccc1)[C@@H]1C[C@H]2CC[C@H]1C2. The second kappa shape index (κ2) is 4.52. The molecule has 0 spiro atoms. The second-order valence-corrected chi connectivity index (χ2v) is 5.48. The molecule has 1 aromatic carbocycles. The number of benzene rings is 1. The van der Waals surface area contributed by atoms with Gasteiger partial charge in [-0.25, -0.2) is 0 Å².